The summed E-state index contributed by atoms with van der Waals surface area (Å²) in [5, 5.41) is 2.32. The second kappa shape index (κ2) is 22.3. The predicted octanol–water partition coefficient (Wildman–Crippen LogP) is 9.77. The van der Waals surface area contributed by atoms with Gasteiger partial charge in [0.25, 0.3) is 0 Å². The Morgan fingerprint density at radius 1 is 0.725 bits per heavy atom. The van der Waals surface area contributed by atoms with Crippen molar-refractivity contribution in [3.05, 3.63) is 48.0 Å². The Labute approximate surface area is 243 Å². The van der Waals surface area contributed by atoms with Crippen LogP contribution in [0.2, 0.25) is 0 Å². The second-order valence-corrected chi connectivity index (χ2v) is 12.5. The van der Waals surface area contributed by atoms with E-state index in [1.165, 1.54) is 95.3 Å². The molecule has 40 heavy (non-hydrogen) atoms. The van der Waals surface area contributed by atoms with E-state index in [1.807, 2.05) is 18.2 Å². The zero-order valence-corrected chi connectivity index (χ0v) is 26.1. The fourth-order valence-electron chi connectivity index (χ4n) is 4.88. The predicted molar refractivity (Wildman–Crippen MR) is 166 cm³/mol. The maximum Gasteiger partial charge on any atom is 0.472 e. The number of hydrogen-bond acceptors (Lipinski definition) is 5. The zero-order chi connectivity index (χ0) is 28.7. The molecule has 2 atom stereocenters. The molecule has 7 heteroatoms. The van der Waals surface area contributed by atoms with Crippen molar-refractivity contribution in [1.29, 1.82) is 0 Å². The van der Waals surface area contributed by atoms with Gasteiger partial charge < -0.3 is 14.4 Å². The molecule has 0 aliphatic heterocycles. The van der Waals surface area contributed by atoms with Gasteiger partial charge in [0.1, 0.15) is 6.10 Å². The Bertz CT molecular complexity index is 936. The van der Waals surface area contributed by atoms with E-state index >= 15 is 0 Å². The Balaban J connectivity index is 1.52. The summed E-state index contributed by atoms with van der Waals surface area (Å²) in [5.74, 6) is 0. The average molecular weight is 579 g/mol. The number of phosphoric acid groups is 1. The smallest absolute Gasteiger partial charge is 0.379 e. The van der Waals surface area contributed by atoms with Gasteiger partial charge in [-0.1, -0.05) is 140 Å². The summed E-state index contributed by atoms with van der Waals surface area (Å²) >= 11 is 0. The fraction of sp³-hybridized carbons (Fsp3) is 0.697. The Kier molecular flexibility index (Phi) is 19.5. The molecule has 2 aromatic carbocycles. The quantitative estimate of drug-likeness (QED) is 0.0885. The van der Waals surface area contributed by atoms with Crippen LogP contribution in [0.15, 0.2) is 42.5 Å². The van der Waals surface area contributed by atoms with E-state index in [0.717, 1.165) is 30.9 Å². The van der Waals surface area contributed by atoms with E-state index in [-0.39, 0.29) is 6.61 Å². The SMILES string of the molecule is CCCCCCCCCCCCCCCCCCOC[C@H](COP(=O)(O)OC)OCc1ccc2ccccc2c1. The van der Waals surface area contributed by atoms with Crippen molar-refractivity contribution in [3.8, 4) is 0 Å². The van der Waals surface area contributed by atoms with Crippen LogP contribution in [-0.2, 0) is 29.7 Å². The van der Waals surface area contributed by atoms with Crippen LogP contribution < -0.4 is 0 Å². The first kappa shape index (κ1) is 34.9. The molecule has 0 fully saturated rings. The van der Waals surface area contributed by atoms with Gasteiger partial charge in [-0.2, -0.15) is 0 Å². The number of hydrogen-bond donors (Lipinski definition) is 1. The van der Waals surface area contributed by atoms with Gasteiger partial charge in [-0.05, 0) is 28.8 Å². The maximum absolute atomic E-state index is 11.8. The van der Waals surface area contributed by atoms with Crippen LogP contribution in [0, 0.1) is 0 Å². The Morgan fingerprint density at radius 2 is 1.27 bits per heavy atom. The molecule has 0 aliphatic carbocycles. The monoisotopic (exact) mass is 578 g/mol. The standard InChI is InChI=1S/C33H55O6P/c1-3-4-5-6-7-8-9-10-11-12-13-14-15-16-17-20-25-37-28-33(29-39-40(34,35)36-2)38-27-30-23-24-31-21-18-19-22-32(31)26-30/h18-19,21-24,26,33H,3-17,20,25,27-29H2,1-2H3,(H,34,35)/t33-/m1/s1. The van der Waals surface area contributed by atoms with Gasteiger partial charge in [-0.25, -0.2) is 4.57 Å². The highest BCUT2D eigenvalue weighted by atomic mass is 31.2. The van der Waals surface area contributed by atoms with E-state index in [2.05, 4.69) is 35.7 Å². The highest BCUT2D eigenvalue weighted by molar-refractivity contribution is 7.47. The summed E-state index contributed by atoms with van der Waals surface area (Å²) in [6.07, 6.45) is 21.0. The van der Waals surface area contributed by atoms with Crippen molar-refractivity contribution in [1.82, 2.24) is 0 Å². The van der Waals surface area contributed by atoms with Crippen molar-refractivity contribution in [2.45, 2.75) is 122 Å². The molecule has 0 aromatic heterocycles. The van der Waals surface area contributed by atoms with E-state index in [4.69, 9.17) is 14.0 Å². The van der Waals surface area contributed by atoms with Gasteiger partial charge >= 0.3 is 7.82 Å². The van der Waals surface area contributed by atoms with Crippen LogP contribution in [0.25, 0.3) is 10.8 Å². The summed E-state index contributed by atoms with van der Waals surface area (Å²) in [7, 11) is -2.92. The van der Waals surface area contributed by atoms with Crippen LogP contribution >= 0.6 is 7.82 Å². The van der Waals surface area contributed by atoms with Crippen molar-refractivity contribution >= 4 is 18.6 Å². The largest absolute Gasteiger partial charge is 0.472 e. The molecule has 0 saturated heterocycles. The molecule has 0 bridgehead atoms. The van der Waals surface area contributed by atoms with Crippen LogP contribution in [-0.4, -0.2) is 37.9 Å². The lowest BCUT2D eigenvalue weighted by molar-refractivity contribution is -0.0499. The third-order valence-electron chi connectivity index (χ3n) is 7.40. The molecule has 1 unspecified atom stereocenters. The number of unbranched alkanes of at least 4 members (excludes halogenated alkanes) is 15. The van der Waals surface area contributed by atoms with Crippen LogP contribution in [0.3, 0.4) is 0 Å². The van der Waals surface area contributed by atoms with Gasteiger partial charge in [-0.15, -0.1) is 0 Å². The first-order valence-electron chi connectivity index (χ1n) is 15.7. The summed E-state index contributed by atoms with van der Waals surface area (Å²) < 4.78 is 33.2. The maximum atomic E-state index is 11.8. The minimum absolute atomic E-state index is 0.0752. The number of benzene rings is 2. The molecule has 228 valence electrons. The molecule has 0 heterocycles. The molecule has 0 saturated carbocycles. The van der Waals surface area contributed by atoms with Crippen LogP contribution in [0.4, 0.5) is 0 Å². The molecule has 0 spiro atoms. The molecular weight excluding hydrogens is 523 g/mol. The molecule has 1 N–H and O–H groups in total. The molecule has 0 aliphatic rings. The highest BCUT2D eigenvalue weighted by Gasteiger charge is 2.22. The van der Waals surface area contributed by atoms with Gasteiger partial charge in [-0.3, -0.25) is 9.05 Å². The number of rotatable bonds is 26. The minimum atomic E-state index is -4.07. The van der Waals surface area contributed by atoms with Gasteiger partial charge in [0.15, 0.2) is 0 Å². The number of ether oxygens (including phenoxy) is 2. The third-order valence-corrected chi connectivity index (χ3v) is 8.34. The van der Waals surface area contributed by atoms with Crippen molar-refractivity contribution in [2.24, 2.45) is 0 Å². The van der Waals surface area contributed by atoms with E-state index in [9.17, 15) is 9.46 Å². The molecule has 2 aromatic rings. The molecule has 2 rings (SSSR count). The van der Waals surface area contributed by atoms with E-state index in [0.29, 0.717) is 19.8 Å². The number of fused-ring (bicyclic) bond motifs is 1. The summed E-state index contributed by atoms with van der Waals surface area (Å²) in [5.41, 5.74) is 1.03. The second-order valence-electron chi connectivity index (χ2n) is 10.9. The first-order valence-corrected chi connectivity index (χ1v) is 17.2. The van der Waals surface area contributed by atoms with Gasteiger partial charge in [0.05, 0.1) is 19.8 Å². The van der Waals surface area contributed by atoms with Crippen molar-refractivity contribution in [2.75, 3.05) is 26.9 Å². The molecule has 0 amide bonds. The number of phosphoric ester groups is 1. The lowest BCUT2D eigenvalue weighted by Gasteiger charge is -2.19. The normalized spacial score (nSPS) is 14.0. The van der Waals surface area contributed by atoms with Crippen molar-refractivity contribution < 1.29 is 28.0 Å². The topological polar surface area (TPSA) is 74.2 Å². The third kappa shape index (κ3) is 16.9. The lowest BCUT2D eigenvalue weighted by Crippen LogP contribution is -2.25. The summed E-state index contributed by atoms with van der Waals surface area (Å²) in [4.78, 5) is 9.62. The Hall–Kier alpha value is -1.27. The van der Waals surface area contributed by atoms with Crippen LogP contribution in [0.1, 0.15) is 115 Å². The lowest BCUT2D eigenvalue weighted by atomic mass is 10.0. The summed E-state index contributed by atoms with van der Waals surface area (Å²) in [6.45, 7) is 3.52. The highest BCUT2D eigenvalue weighted by Crippen LogP contribution is 2.42. The molecule has 0 radical (unpaired) electrons. The molecular formula is C33H55O6P. The van der Waals surface area contributed by atoms with E-state index < -0.39 is 13.9 Å². The molecule has 6 nitrogen and oxygen atoms in total. The van der Waals surface area contributed by atoms with Crippen LogP contribution in [0.5, 0.6) is 0 Å². The summed E-state index contributed by atoms with van der Waals surface area (Å²) in [6, 6.07) is 14.4. The van der Waals surface area contributed by atoms with Gasteiger partial charge in [0.2, 0.25) is 0 Å². The Morgan fingerprint density at radius 3 is 1.85 bits per heavy atom. The first-order chi connectivity index (χ1) is 19.5. The van der Waals surface area contributed by atoms with Crippen molar-refractivity contribution in [3.63, 3.8) is 0 Å². The average Bonchev–Trinajstić information content (AvgIpc) is 2.97. The minimum Gasteiger partial charge on any atom is -0.379 e. The van der Waals surface area contributed by atoms with E-state index in [1.54, 1.807) is 0 Å². The fourth-order valence-corrected chi connectivity index (χ4v) is 5.34. The van der Waals surface area contributed by atoms with Gasteiger partial charge in [0, 0.05) is 13.7 Å². The zero-order valence-electron chi connectivity index (χ0n) is 25.2.